The van der Waals surface area contributed by atoms with Gasteiger partial charge in [-0.25, -0.2) is 4.79 Å². The van der Waals surface area contributed by atoms with Crippen LogP contribution in [0.1, 0.15) is 20.8 Å². The molecule has 2 heterocycles. The number of nitrogens with zero attached hydrogens (tertiary/aromatic N) is 1. The third kappa shape index (κ3) is 2.28. The Hall–Kier alpha value is -1.33. The summed E-state index contributed by atoms with van der Waals surface area (Å²) in [6.45, 7) is 1.65. The summed E-state index contributed by atoms with van der Waals surface area (Å²) in [5.41, 5.74) is 2.64. The Morgan fingerprint density at radius 3 is 2.74 bits per heavy atom. The van der Waals surface area contributed by atoms with Crippen LogP contribution in [0.2, 0.25) is 0 Å². The van der Waals surface area contributed by atoms with Gasteiger partial charge in [-0.05, 0) is 40.0 Å². The van der Waals surface area contributed by atoms with E-state index in [-0.39, 0.29) is 0 Å². The molecule has 5 heteroatoms. The van der Waals surface area contributed by atoms with Gasteiger partial charge in [-0.3, -0.25) is 0 Å². The second kappa shape index (κ2) is 4.98. The normalized spacial score (nSPS) is 14.3. The van der Waals surface area contributed by atoms with E-state index in [0.29, 0.717) is 5.56 Å². The molecule has 0 amide bonds. The molecular formula is C14H12BrNO2S. The Morgan fingerprint density at radius 2 is 2.05 bits per heavy atom. The Bertz CT molecular complexity index is 624. The average molecular weight is 338 g/mol. The van der Waals surface area contributed by atoms with E-state index in [9.17, 15) is 9.90 Å². The molecule has 0 bridgehead atoms. The fraction of sp³-hybridized carbons (Fsp3) is 0.214. The molecule has 98 valence electrons. The van der Waals surface area contributed by atoms with Gasteiger partial charge >= 0.3 is 5.97 Å². The smallest absolute Gasteiger partial charge is 0.338 e. The largest absolute Gasteiger partial charge is 0.478 e. The number of halogens is 1. The molecule has 19 heavy (non-hydrogen) atoms. The van der Waals surface area contributed by atoms with Gasteiger partial charge in [-0.1, -0.05) is 18.2 Å². The lowest BCUT2D eigenvalue weighted by molar-refractivity contribution is 0.0695. The fourth-order valence-electron chi connectivity index (χ4n) is 2.44. The average Bonchev–Trinajstić information content (AvgIpc) is 2.74. The number of aromatic carboxylic acids is 1. The number of carboxylic acid groups (broad SMARTS) is 1. The van der Waals surface area contributed by atoms with Gasteiger partial charge in [0.2, 0.25) is 0 Å². The second-order valence-electron chi connectivity index (χ2n) is 4.46. The van der Waals surface area contributed by atoms with Gasteiger partial charge in [0.25, 0.3) is 0 Å². The predicted molar refractivity (Wildman–Crippen MR) is 80.2 cm³/mol. The van der Waals surface area contributed by atoms with Crippen molar-refractivity contribution in [1.29, 1.82) is 0 Å². The maximum absolute atomic E-state index is 11.3. The first kappa shape index (κ1) is 12.7. The maximum atomic E-state index is 11.3. The lowest BCUT2D eigenvalue weighted by atomic mass is 10.0. The number of hydrogen-bond acceptors (Lipinski definition) is 3. The van der Waals surface area contributed by atoms with Crippen molar-refractivity contribution in [3.63, 3.8) is 0 Å². The number of anilines is 1. The zero-order chi connectivity index (χ0) is 13.4. The van der Waals surface area contributed by atoms with Crippen molar-refractivity contribution < 1.29 is 9.90 Å². The third-order valence-corrected chi connectivity index (χ3v) is 5.24. The monoisotopic (exact) mass is 337 g/mol. The highest BCUT2D eigenvalue weighted by Gasteiger charge is 2.26. The molecule has 0 aliphatic carbocycles. The molecule has 1 N–H and O–H groups in total. The number of hydrogen-bond donors (Lipinski definition) is 1. The molecule has 1 aliphatic rings. The fourth-order valence-corrected chi connectivity index (χ4v) is 4.51. The summed E-state index contributed by atoms with van der Waals surface area (Å²) in [6, 6.07) is 10.2. The summed E-state index contributed by atoms with van der Waals surface area (Å²) in [6.07, 6.45) is 0.786. The van der Waals surface area contributed by atoms with E-state index >= 15 is 0 Å². The maximum Gasteiger partial charge on any atom is 0.338 e. The van der Waals surface area contributed by atoms with Crippen LogP contribution in [0.3, 0.4) is 0 Å². The minimum atomic E-state index is -0.836. The zero-order valence-corrected chi connectivity index (χ0v) is 12.5. The van der Waals surface area contributed by atoms with Crippen LogP contribution >= 0.6 is 27.3 Å². The van der Waals surface area contributed by atoms with Gasteiger partial charge in [-0.15, -0.1) is 11.3 Å². The van der Waals surface area contributed by atoms with Gasteiger partial charge in [-0.2, -0.15) is 0 Å². The molecule has 3 nitrogen and oxygen atoms in total. The first-order chi connectivity index (χ1) is 9.16. The van der Waals surface area contributed by atoms with Gasteiger partial charge < -0.3 is 10.0 Å². The summed E-state index contributed by atoms with van der Waals surface area (Å²) >= 11 is 4.91. The molecular weight excluding hydrogens is 326 g/mol. The Kier molecular flexibility index (Phi) is 3.33. The van der Waals surface area contributed by atoms with Crippen molar-refractivity contribution in [2.24, 2.45) is 0 Å². The molecule has 0 atom stereocenters. The Labute approximate surface area is 123 Å². The zero-order valence-electron chi connectivity index (χ0n) is 10.1. The van der Waals surface area contributed by atoms with Crippen LogP contribution in [0.15, 0.2) is 34.1 Å². The summed E-state index contributed by atoms with van der Waals surface area (Å²) in [4.78, 5) is 14.7. The van der Waals surface area contributed by atoms with Crippen LogP contribution in [-0.2, 0) is 13.0 Å². The predicted octanol–water partition coefficient (Wildman–Crippen LogP) is 3.77. The summed E-state index contributed by atoms with van der Waals surface area (Å²) < 4.78 is 0.736. The lowest BCUT2D eigenvalue weighted by Gasteiger charge is -2.29. The number of benzene rings is 1. The molecule has 1 aromatic carbocycles. The van der Waals surface area contributed by atoms with Crippen molar-refractivity contribution in [3.05, 3.63) is 50.1 Å². The summed E-state index contributed by atoms with van der Waals surface area (Å²) in [5, 5.41) is 9.26. The molecule has 2 aromatic rings. The van der Waals surface area contributed by atoms with Crippen molar-refractivity contribution in [2.45, 2.75) is 13.0 Å². The molecule has 0 spiro atoms. The molecule has 0 saturated carbocycles. The molecule has 0 unspecified atom stereocenters. The molecule has 1 aliphatic heterocycles. The van der Waals surface area contributed by atoms with E-state index in [1.807, 2.05) is 18.2 Å². The molecule has 0 radical (unpaired) electrons. The summed E-state index contributed by atoms with van der Waals surface area (Å²) in [5.74, 6) is -0.836. The van der Waals surface area contributed by atoms with Crippen molar-refractivity contribution in [2.75, 3.05) is 11.4 Å². The standard InChI is InChI=1S/C14H12BrNO2S/c15-13-12(14(17)18)10-6-7-16(8-11(10)19-13)9-4-2-1-3-5-9/h1-5H,6-8H2,(H,17,18). The van der Waals surface area contributed by atoms with Crippen LogP contribution in [0.4, 0.5) is 5.69 Å². The summed E-state index contributed by atoms with van der Waals surface area (Å²) in [7, 11) is 0. The highest BCUT2D eigenvalue weighted by Crippen LogP contribution is 2.37. The molecule has 0 saturated heterocycles. The van der Waals surface area contributed by atoms with Gasteiger partial charge in [0.15, 0.2) is 0 Å². The number of fused-ring (bicyclic) bond motifs is 1. The second-order valence-corrected chi connectivity index (χ2v) is 6.89. The highest BCUT2D eigenvalue weighted by atomic mass is 79.9. The first-order valence-corrected chi connectivity index (χ1v) is 7.61. The van der Waals surface area contributed by atoms with E-state index in [4.69, 9.17) is 0 Å². The highest BCUT2D eigenvalue weighted by molar-refractivity contribution is 9.11. The number of thiophene rings is 1. The van der Waals surface area contributed by atoms with Crippen LogP contribution in [0, 0.1) is 0 Å². The molecule has 3 rings (SSSR count). The molecule has 0 fully saturated rings. The van der Waals surface area contributed by atoms with Crippen LogP contribution in [-0.4, -0.2) is 17.6 Å². The molecule has 1 aromatic heterocycles. The van der Waals surface area contributed by atoms with Gasteiger partial charge in [0.05, 0.1) is 15.9 Å². The van der Waals surface area contributed by atoms with Crippen LogP contribution < -0.4 is 4.90 Å². The first-order valence-electron chi connectivity index (χ1n) is 6.00. The minimum absolute atomic E-state index is 0.452. The quantitative estimate of drug-likeness (QED) is 0.906. The van der Waals surface area contributed by atoms with Gasteiger partial charge in [0, 0.05) is 17.1 Å². The van der Waals surface area contributed by atoms with E-state index in [1.54, 1.807) is 0 Å². The van der Waals surface area contributed by atoms with E-state index in [2.05, 4.69) is 33.0 Å². The van der Waals surface area contributed by atoms with Crippen molar-refractivity contribution in [3.8, 4) is 0 Å². The van der Waals surface area contributed by atoms with Gasteiger partial charge in [0.1, 0.15) is 0 Å². The Morgan fingerprint density at radius 1 is 1.32 bits per heavy atom. The SMILES string of the molecule is O=C(O)c1c(Br)sc2c1CCN(c1ccccc1)C2. The van der Waals surface area contributed by atoms with E-state index in [1.165, 1.54) is 17.0 Å². The Balaban J connectivity index is 1.94. The number of rotatable bonds is 2. The van der Waals surface area contributed by atoms with E-state index < -0.39 is 5.97 Å². The topological polar surface area (TPSA) is 40.5 Å². The van der Waals surface area contributed by atoms with Crippen molar-refractivity contribution in [1.82, 2.24) is 0 Å². The third-order valence-electron chi connectivity index (χ3n) is 3.35. The van der Waals surface area contributed by atoms with Crippen LogP contribution in [0.5, 0.6) is 0 Å². The van der Waals surface area contributed by atoms with Crippen LogP contribution in [0.25, 0.3) is 0 Å². The number of carbonyl (C=O) groups is 1. The number of carboxylic acids is 1. The van der Waals surface area contributed by atoms with E-state index in [0.717, 1.165) is 33.7 Å². The van der Waals surface area contributed by atoms with Crippen molar-refractivity contribution >= 4 is 38.9 Å². The number of para-hydroxylation sites is 1. The minimum Gasteiger partial charge on any atom is -0.478 e. The lowest BCUT2D eigenvalue weighted by Crippen LogP contribution is -2.29.